The monoisotopic (exact) mass is 758 g/mol. The average molecular weight is 759 g/mol. The maximum absolute atomic E-state index is 5.96. The lowest BCUT2D eigenvalue weighted by Gasteiger charge is -2.40. The largest absolute Gasteiger partial charge is 0.354 e. The molecule has 2 aliphatic rings. The van der Waals surface area contributed by atoms with Gasteiger partial charge in [0.2, 0.25) is 0 Å². The van der Waals surface area contributed by atoms with Crippen LogP contribution >= 0.6 is 0 Å². The molecule has 0 saturated carbocycles. The van der Waals surface area contributed by atoms with Crippen molar-refractivity contribution in [1.82, 2.24) is 19.9 Å². The predicted octanol–water partition coefficient (Wildman–Crippen LogP) is 15.1. The molecule has 3 aromatic heterocycles. The highest BCUT2D eigenvalue weighted by Crippen LogP contribution is 2.58. The van der Waals surface area contributed by atoms with E-state index in [1.54, 1.807) is 0 Å². The third kappa shape index (κ3) is 7.13. The normalized spacial score (nSPS) is 15.2. The number of hydrogen-bond donors (Lipinski definition) is 2. The summed E-state index contributed by atoms with van der Waals surface area (Å²) in [5.74, 6) is 0.206. The minimum atomic E-state index is -0.121. The Kier molecular flexibility index (Phi) is 10.4. The van der Waals surface area contributed by atoms with Gasteiger partial charge in [-0.1, -0.05) is 177 Å². The van der Waals surface area contributed by atoms with Crippen LogP contribution in [0.4, 0.5) is 0 Å². The Hall–Kier alpha value is -6.26. The van der Waals surface area contributed by atoms with E-state index in [1.165, 1.54) is 0 Å². The number of aromatic amines is 2. The second-order valence-corrected chi connectivity index (χ2v) is 17.3. The van der Waals surface area contributed by atoms with Crippen molar-refractivity contribution in [3.8, 4) is 44.5 Å². The van der Waals surface area contributed by atoms with Crippen LogP contribution in [0.1, 0.15) is 90.0 Å². The van der Waals surface area contributed by atoms with E-state index in [0.29, 0.717) is 0 Å². The zero-order valence-electron chi connectivity index (χ0n) is 35.1. The van der Waals surface area contributed by atoms with Gasteiger partial charge in [0.15, 0.2) is 0 Å². The Labute approximate surface area is 343 Å². The van der Waals surface area contributed by atoms with E-state index in [-0.39, 0.29) is 22.7 Å². The van der Waals surface area contributed by atoms with E-state index in [4.69, 9.17) is 9.97 Å². The predicted molar refractivity (Wildman–Crippen MR) is 247 cm³/mol. The molecule has 4 heteroatoms. The molecule has 8 bridgehead atoms. The Morgan fingerprint density at radius 1 is 0.362 bits per heavy atom. The van der Waals surface area contributed by atoms with Crippen LogP contribution in [0.2, 0.25) is 0 Å². The fourth-order valence-electron chi connectivity index (χ4n) is 9.03. The smallest absolute Gasteiger partial charge is 0.0737 e. The number of H-pyrrole nitrogens is 2. The zero-order valence-corrected chi connectivity index (χ0v) is 35.1. The lowest BCUT2D eigenvalue weighted by Crippen LogP contribution is -2.30. The lowest BCUT2D eigenvalue weighted by molar-refractivity contribution is 0.196. The van der Waals surface area contributed by atoms with Crippen molar-refractivity contribution in [2.24, 2.45) is 10.8 Å². The Bertz CT molecular complexity index is 2550. The van der Waals surface area contributed by atoms with Crippen molar-refractivity contribution in [2.75, 3.05) is 0 Å². The molecule has 2 atom stereocenters. The number of nitrogens with zero attached hydrogens (tertiary/aromatic N) is 2. The Morgan fingerprint density at radius 2 is 0.638 bits per heavy atom. The van der Waals surface area contributed by atoms with Gasteiger partial charge in [-0.15, -0.1) is 0 Å². The van der Waals surface area contributed by atoms with Gasteiger partial charge in [0.25, 0.3) is 0 Å². The molecule has 0 fully saturated rings. The molecule has 2 N–H and O–H groups in total. The van der Waals surface area contributed by atoms with E-state index in [1.807, 2.05) is 13.8 Å². The fourth-order valence-corrected chi connectivity index (χ4v) is 9.03. The molecule has 0 amide bonds. The molecule has 2 aliphatic heterocycles. The highest BCUT2D eigenvalue weighted by atomic mass is 14.8. The SMILES string of the molecule is CC.CC(C)(C)C1c2nc(c(-c3ccccc3)c3ccc([nH]3)c(-c3ccccc3)c3nc(c(-c4ccccc4)c4ccc([nH]4)c2-c2ccccc2)C=C3)C1C(C)(C)C. The van der Waals surface area contributed by atoms with Crippen LogP contribution in [0.5, 0.6) is 0 Å². The molecule has 0 saturated heterocycles. The van der Waals surface area contributed by atoms with Crippen LogP contribution in [0.15, 0.2) is 146 Å². The molecule has 9 rings (SSSR count). The Balaban J connectivity index is 0.00000231. The first kappa shape index (κ1) is 38.6. The molecule has 7 aromatic rings. The van der Waals surface area contributed by atoms with Gasteiger partial charge >= 0.3 is 0 Å². The zero-order chi connectivity index (χ0) is 40.6. The number of hydrogen-bond acceptors (Lipinski definition) is 2. The molecular formula is C54H54N4. The summed E-state index contributed by atoms with van der Waals surface area (Å²) in [4.78, 5) is 19.3. The molecule has 0 aliphatic carbocycles. The first-order chi connectivity index (χ1) is 28.1. The molecule has 4 nitrogen and oxygen atoms in total. The summed E-state index contributed by atoms with van der Waals surface area (Å²) in [6.07, 6.45) is 4.33. The van der Waals surface area contributed by atoms with E-state index in [0.717, 1.165) is 89.4 Å². The maximum atomic E-state index is 5.96. The molecule has 290 valence electrons. The van der Waals surface area contributed by atoms with Crippen molar-refractivity contribution < 1.29 is 0 Å². The van der Waals surface area contributed by atoms with Crippen molar-refractivity contribution in [3.05, 3.63) is 168 Å². The van der Waals surface area contributed by atoms with E-state index in [9.17, 15) is 0 Å². The van der Waals surface area contributed by atoms with Crippen LogP contribution < -0.4 is 0 Å². The standard InChI is InChI=1S/C52H48N4.C2H6/c1-51(2,3)47-48(52(4,5)6)50-46(36-25-17-10-18-26-36)42-32-30-40(55-42)44(34-21-13-8-14-22-34)38-28-27-37(53-38)43(33-19-11-7-12-20-33)39-29-31-41(54-39)45(49(47)56-50)35-23-15-9-16-24-35;1-2/h7-32,47-48,54-55H,1-6H3;1-2H3. The minimum absolute atomic E-state index is 0.103. The maximum Gasteiger partial charge on any atom is 0.0737 e. The molecule has 2 unspecified atom stereocenters. The van der Waals surface area contributed by atoms with Crippen LogP contribution in [-0.2, 0) is 0 Å². The molecule has 0 spiro atoms. The number of fused-ring (bicyclic) bond motifs is 8. The third-order valence-corrected chi connectivity index (χ3v) is 11.4. The number of benzene rings is 4. The van der Waals surface area contributed by atoms with Crippen molar-refractivity contribution in [3.63, 3.8) is 0 Å². The number of aromatic nitrogens is 4. The van der Waals surface area contributed by atoms with Crippen LogP contribution in [0.25, 0.3) is 78.7 Å². The van der Waals surface area contributed by atoms with Gasteiger partial charge in [0, 0.05) is 56.2 Å². The Morgan fingerprint density at radius 3 is 0.931 bits per heavy atom. The van der Waals surface area contributed by atoms with Crippen molar-refractivity contribution in [2.45, 2.75) is 67.2 Å². The fraction of sp³-hybridized carbons (Fsp3) is 0.222. The van der Waals surface area contributed by atoms with Crippen LogP contribution in [0.3, 0.4) is 0 Å². The molecule has 5 heterocycles. The third-order valence-electron chi connectivity index (χ3n) is 11.4. The summed E-state index contributed by atoms with van der Waals surface area (Å²) in [5, 5.41) is 0. The second kappa shape index (κ2) is 15.6. The highest BCUT2D eigenvalue weighted by Gasteiger charge is 2.48. The van der Waals surface area contributed by atoms with Gasteiger partial charge in [-0.3, -0.25) is 4.98 Å². The quantitative estimate of drug-likeness (QED) is 0.188. The molecule has 4 aromatic carbocycles. The van der Waals surface area contributed by atoms with Crippen molar-refractivity contribution >= 4 is 34.2 Å². The topological polar surface area (TPSA) is 57.4 Å². The summed E-state index contributed by atoms with van der Waals surface area (Å²) in [6, 6.07) is 51.8. The number of nitrogens with one attached hydrogen (secondary N) is 2. The van der Waals surface area contributed by atoms with Gasteiger partial charge in [0.1, 0.15) is 0 Å². The minimum Gasteiger partial charge on any atom is -0.354 e. The van der Waals surface area contributed by atoms with Gasteiger partial charge in [-0.05, 0) is 69.5 Å². The highest BCUT2D eigenvalue weighted by molar-refractivity contribution is 5.97. The average Bonchev–Trinajstić information content (AvgIpc) is 4.06. The summed E-state index contributed by atoms with van der Waals surface area (Å²) in [7, 11) is 0. The van der Waals surface area contributed by atoms with Gasteiger partial charge in [-0.2, -0.15) is 0 Å². The number of rotatable bonds is 4. The summed E-state index contributed by atoms with van der Waals surface area (Å²) < 4.78 is 0. The summed E-state index contributed by atoms with van der Waals surface area (Å²) >= 11 is 0. The van der Waals surface area contributed by atoms with Crippen LogP contribution in [-0.4, -0.2) is 19.9 Å². The second-order valence-electron chi connectivity index (χ2n) is 17.3. The molecule has 0 radical (unpaired) electrons. The lowest BCUT2D eigenvalue weighted by atomic mass is 9.62. The first-order valence-corrected chi connectivity index (χ1v) is 20.8. The van der Waals surface area contributed by atoms with E-state index in [2.05, 4.69) is 209 Å². The molecular weight excluding hydrogens is 705 g/mol. The van der Waals surface area contributed by atoms with Gasteiger partial charge in [0.05, 0.1) is 22.8 Å². The van der Waals surface area contributed by atoms with E-state index >= 15 is 0 Å². The van der Waals surface area contributed by atoms with Crippen LogP contribution in [0, 0.1) is 10.8 Å². The van der Waals surface area contributed by atoms with E-state index < -0.39 is 0 Å². The molecule has 58 heavy (non-hydrogen) atoms. The summed E-state index contributed by atoms with van der Waals surface area (Å²) in [6.45, 7) is 18.3. The van der Waals surface area contributed by atoms with Gasteiger partial charge < -0.3 is 9.97 Å². The summed E-state index contributed by atoms with van der Waals surface area (Å²) in [5.41, 5.74) is 16.8. The first-order valence-electron chi connectivity index (χ1n) is 20.8. The van der Waals surface area contributed by atoms with Gasteiger partial charge in [-0.25, -0.2) is 4.98 Å². The van der Waals surface area contributed by atoms with Crippen molar-refractivity contribution in [1.29, 1.82) is 0 Å².